The number of rotatable bonds is 3. The Morgan fingerprint density at radius 1 is 1.43 bits per heavy atom. The number of fused-ring (bicyclic) bond motifs is 1. The van der Waals surface area contributed by atoms with E-state index >= 15 is 0 Å². The van der Waals surface area contributed by atoms with E-state index in [4.69, 9.17) is 5.73 Å². The molecule has 1 saturated heterocycles. The summed E-state index contributed by atoms with van der Waals surface area (Å²) in [6, 6.07) is 5.96. The van der Waals surface area contributed by atoms with Crippen molar-refractivity contribution in [1.29, 1.82) is 0 Å². The molecule has 6 heteroatoms. The van der Waals surface area contributed by atoms with Crippen molar-refractivity contribution in [1.82, 2.24) is 10.2 Å². The van der Waals surface area contributed by atoms with Gasteiger partial charge in [-0.3, -0.25) is 9.59 Å². The third-order valence-corrected chi connectivity index (χ3v) is 4.76. The lowest BCUT2D eigenvalue weighted by Gasteiger charge is -2.27. The first-order valence-electron chi connectivity index (χ1n) is 8.05. The standard InChI is InChI=1S/C17H23N3O2.ClH/c1-2-20-10-12(9-16(20)21)17(22)19-15-5-3-4-11-8-13(18)6-7-14(11)15;/h6-8,12,15H,2-5,9-10,18H2,1H3,(H,19,22);1H. The predicted molar refractivity (Wildman–Crippen MR) is 92.3 cm³/mol. The summed E-state index contributed by atoms with van der Waals surface area (Å²) in [7, 11) is 0. The number of likely N-dealkylation sites (tertiary alicyclic amines) is 1. The van der Waals surface area contributed by atoms with Crippen LogP contribution < -0.4 is 11.1 Å². The minimum Gasteiger partial charge on any atom is -0.399 e. The molecule has 1 aliphatic carbocycles. The second kappa shape index (κ2) is 7.21. The summed E-state index contributed by atoms with van der Waals surface area (Å²) < 4.78 is 0. The van der Waals surface area contributed by atoms with Crippen molar-refractivity contribution in [3.05, 3.63) is 29.3 Å². The number of benzene rings is 1. The molecule has 1 aromatic rings. The van der Waals surface area contributed by atoms with Gasteiger partial charge in [0.1, 0.15) is 0 Å². The van der Waals surface area contributed by atoms with Gasteiger partial charge in [0.15, 0.2) is 0 Å². The molecule has 0 radical (unpaired) electrons. The number of nitrogen functional groups attached to an aromatic ring is 1. The van der Waals surface area contributed by atoms with Crippen molar-refractivity contribution in [2.24, 2.45) is 5.92 Å². The van der Waals surface area contributed by atoms with Crippen LogP contribution in [0.4, 0.5) is 5.69 Å². The molecule has 1 aromatic carbocycles. The highest BCUT2D eigenvalue weighted by Crippen LogP contribution is 2.31. The van der Waals surface area contributed by atoms with E-state index in [1.54, 1.807) is 4.90 Å². The number of carbonyl (C=O) groups excluding carboxylic acids is 2. The van der Waals surface area contributed by atoms with E-state index in [2.05, 4.69) is 5.32 Å². The van der Waals surface area contributed by atoms with Crippen molar-refractivity contribution in [2.75, 3.05) is 18.8 Å². The van der Waals surface area contributed by atoms with Crippen LogP contribution in [0.1, 0.15) is 43.4 Å². The zero-order valence-electron chi connectivity index (χ0n) is 13.4. The quantitative estimate of drug-likeness (QED) is 0.829. The van der Waals surface area contributed by atoms with E-state index < -0.39 is 0 Å². The summed E-state index contributed by atoms with van der Waals surface area (Å²) in [6.07, 6.45) is 3.34. The van der Waals surface area contributed by atoms with Crippen LogP contribution in [0.25, 0.3) is 0 Å². The number of nitrogens with two attached hydrogens (primary N) is 1. The van der Waals surface area contributed by atoms with Crippen LogP contribution in [-0.2, 0) is 16.0 Å². The third-order valence-electron chi connectivity index (χ3n) is 4.76. The molecule has 5 nitrogen and oxygen atoms in total. The number of amides is 2. The number of aryl methyl sites for hydroxylation is 1. The highest BCUT2D eigenvalue weighted by atomic mass is 35.5. The summed E-state index contributed by atoms with van der Waals surface area (Å²) in [6.45, 7) is 3.16. The number of nitrogens with zero attached hydrogens (tertiary/aromatic N) is 1. The summed E-state index contributed by atoms with van der Waals surface area (Å²) in [5.74, 6) is -0.134. The Labute approximate surface area is 143 Å². The molecule has 0 aromatic heterocycles. The van der Waals surface area contributed by atoms with Crippen LogP contribution >= 0.6 is 12.4 Å². The average molecular weight is 338 g/mol. The summed E-state index contributed by atoms with van der Waals surface area (Å²) >= 11 is 0. The van der Waals surface area contributed by atoms with Gasteiger partial charge >= 0.3 is 0 Å². The molecule has 0 saturated carbocycles. The van der Waals surface area contributed by atoms with Crippen molar-refractivity contribution in [2.45, 2.75) is 38.6 Å². The fourth-order valence-electron chi connectivity index (χ4n) is 3.53. The van der Waals surface area contributed by atoms with Crippen LogP contribution in [-0.4, -0.2) is 29.8 Å². The second-order valence-electron chi connectivity index (χ2n) is 6.25. The molecule has 2 atom stereocenters. The largest absolute Gasteiger partial charge is 0.399 e. The SMILES string of the molecule is CCN1CC(C(=O)NC2CCCc3cc(N)ccc32)CC1=O.Cl. The Bertz CT molecular complexity index is 606. The number of anilines is 1. The average Bonchev–Trinajstić information content (AvgIpc) is 2.88. The van der Waals surface area contributed by atoms with Gasteiger partial charge in [-0.25, -0.2) is 0 Å². The van der Waals surface area contributed by atoms with Gasteiger partial charge in [0.2, 0.25) is 11.8 Å². The van der Waals surface area contributed by atoms with Crippen LogP contribution in [0, 0.1) is 5.92 Å². The van der Waals surface area contributed by atoms with E-state index in [9.17, 15) is 9.59 Å². The molecule has 2 amide bonds. The maximum atomic E-state index is 12.5. The molecule has 1 heterocycles. The molecule has 3 rings (SSSR count). The molecule has 23 heavy (non-hydrogen) atoms. The van der Waals surface area contributed by atoms with Gasteiger partial charge in [0.25, 0.3) is 0 Å². The highest BCUT2D eigenvalue weighted by molar-refractivity contribution is 5.89. The van der Waals surface area contributed by atoms with Crippen LogP contribution in [0.5, 0.6) is 0 Å². The van der Waals surface area contributed by atoms with Gasteiger partial charge in [-0.2, -0.15) is 0 Å². The normalized spacial score (nSPS) is 23.2. The zero-order chi connectivity index (χ0) is 15.7. The fraction of sp³-hybridized carbons (Fsp3) is 0.529. The van der Waals surface area contributed by atoms with E-state index in [-0.39, 0.29) is 36.2 Å². The number of hydrogen-bond acceptors (Lipinski definition) is 3. The maximum absolute atomic E-state index is 12.5. The monoisotopic (exact) mass is 337 g/mol. The molecule has 0 spiro atoms. The molecule has 126 valence electrons. The third kappa shape index (κ3) is 3.61. The van der Waals surface area contributed by atoms with Crippen molar-refractivity contribution in [3.8, 4) is 0 Å². The van der Waals surface area contributed by atoms with E-state index in [0.29, 0.717) is 19.5 Å². The van der Waals surface area contributed by atoms with Gasteiger partial charge in [0, 0.05) is 25.2 Å². The highest BCUT2D eigenvalue weighted by Gasteiger charge is 2.34. The topological polar surface area (TPSA) is 75.4 Å². The second-order valence-corrected chi connectivity index (χ2v) is 6.25. The van der Waals surface area contributed by atoms with Crippen molar-refractivity contribution >= 4 is 29.9 Å². The molecular weight excluding hydrogens is 314 g/mol. The lowest BCUT2D eigenvalue weighted by atomic mass is 9.87. The molecular formula is C17H24ClN3O2. The van der Waals surface area contributed by atoms with E-state index in [1.807, 2.05) is 25.1 Å². The summed E-state index contributed by atoms with van der Waals surface area (Å²) in [5.41, 5.74) is 9.02. The van der Waals surface area contributed by atoms with Crippen molar-refractivity contribution < 1.29 is 9.59 Å². The van der Waals surface area contributed by atoms with Crippen LogP contribution in [0.15, 0.2) is 18.2 Å². The maximum Gasteiger partial charge on any atom is 0.225 e. The van der Waals surface area contributed by atoms with Gasteiger partial charge < -0.3 is 16.0 Å². The number of halogens is 1. The van der Waals surface area contributed by atoms with E-state index in [0.717, 1.165) is 24.9 Å². The predicted octanol–water partition coefficient (Wildman–Crippen LogP) is 2.05. The number of hydrogen-bond donors (Lipinski definition) is 2. The number of carbonyl (C=O) groups is 2. The minimum atomic E-state index is -0.216. The van der Waals surface area contributed by atoms with Crippen LogP contribution in [0.2, 0.25) is 0 Å². The lowest BCUT2D eigenvalue weighted by molar-refractivity contribution is -0.129. The van der Waals surface area contributed by atoms with Crippen molar-refractivity contribution in [3.63, 3.8) is 0 Å². The number of nitrogens with one attached hydrogen (secondary N) is 1. The smallest absolute Gasteiger partial charge is 0.225 e. The first kappa shape index (κ1) is 17.6. The Morgan fingerprint density at radius 3 is 2.91 bits per heavy atom. The summed E-state index contributed by atoms with van der Waals surface area (Å²) in [5, 5.41) is 3.14. The molecule has 0 bridgehead atoms. The van der Waals surface area contributed by atoms with Crippen LogP contribution in [0.3, 0.4) is 0 Å². The lowest BCUT2D eigenvalue weighted by Crippen LogP contribution is -2.36. The fourth-order valence-corrected chi connectivity index (χ4v) is 3.53. The molecule has 2 aliphatic rings. The van der Waals surface area contributed by atoms with E-state index in [1.165, 1.54) is 11.1 Å². The molecule has 3 N–H and O–H groups in total. The Balaban J connectivity index is 0.00000192. The Hall–Kier alpha value is -1.75. The van der Waals surface area contributed by atoms with Gasteiger partial charge in [-0.1, -0.05) is 6.07 Å². The van der Waals surface area contributed by atoms with Gasteiger partial charge in [0.05, 0.1) is 12.0 Å². The zero-order valence-corrected chi connectivity index (χ0v) is 14.2. The minimum absolute atomic E-state index is 0. The molecule has 1 aliphatic heterocycles. The first-order chi connectivity index (χ1) is 10.6. The Kier molecular flexibility index (Phi) is 5.52. The molecule has 1 fully saturated rings. The first-order valence-corrected chi connectivity index (χ1v) is 8.05. The van der Waals surface area contributed by atoms with Gasteiger partial charge in [-0.05, 0) is 49.4 Å². The van der Waals surface area contributed by atoms with Gasteiger partial charge in [-0.15, -0.1) is 12.4 Å². The molecule has 2 unspecified atom stereocenters. The Morgan fingerprint density at radius 2 is 2.22 bits per heavy atom. The summed E-state index contributed by atoms with van der Waals surface area (Å²) in [4.78, 5) is 26.0.